The molecule has 1 aliphatic rings. The van der Waals surface area contributed by atoms with Gasteiger partial charge in [-0.25, -0.2) is 4.79 Å². The zero-order valence-corrected chi connectivity index (χ0v) is 16.2. The van der Waals surface area contributed by atoms with Crippen molar-refractivity contribution in [1.82, 2.24) is 21.1 Å². The Bertz CT molecular complexity index is 960. The van der Waals surface area contributed by atoms with Gasteiger partial charge in [-0.15, -0.1) is 0 Å². The molecular weight excluding hydrogens is 372 g/mol. The average Bonchev–Trinajstić information content (AvgIpc) is 2.92. The second-order valence-corrected chi connectivity index (χ2v) is 6.97. The minimum absolute atomic E-state index is 0.0677. The first-order chi connectivity index (χ1) is 13.8. The van der Waals surface area contributed by atoms with Gasteiger partial charge in [0.1, 0.15) is 5.54 Å². The summed E-state index contributed by atoms with van der Waals surface area (Å²) in [5, 5.41) is 5.93. The van der Waals surface area contributed by atoms with E-state index in [9.17, 15) is 19.2 Å². The maximum absolute atomic E-state index is 12.7. The molecule has 29 heavy (non-hydrogen) atoms. The van der Waals surface area contributed by atoms with Crippen LogP contribution in [0, 0.1) is 6.92 Å². The highest BCUT2D eigenvalue weighted by molar-refractivity contribution is 6.08. The number of imide groups is 1. The highest BCUT2D eigenvalue weighted by Gasteiger charge is 2.49. The molecule has 0 bridgehead atoms. The molecule has 0 aromatic heterocycles. The molecule has 0 saturated carbocycles. The third kappa shape index (κ3) is 4.26. The first-order valence-electron chi connectivity index (χ1n) is 9.18. The largest absolute Gasteiger partial charge is 0.352 e. The van der Waals surface area contributed by atoms with E-state index >= 15 is 0 Å². The summed E-state index contributed by atoms with van der Waals surface area (Å²) in [7, 11) is 0. The molecule has 1 atom stereocenters. The number of benzene rings is 2. The van der Waals surface area contributed by atoms with Gasteiger partial charge in [-0.2, -0.15) is 5.01 Å². The van der Waals surface area contributed by atoms with Crippen molar-refractivity contribution in [3.63, 3.8) is 0 Å². The smallest absolute Gasteiger partial charge is 0.344 e. The van der Waals surface area contributed by atoms with Crippen LogP contribution in [0.25, 0.3) is 0 Å². The zero-order chi connectivity index (χ0) is 21.0. The van der Waals surface area contributed by atoms with Crippen molar-refractivity contribution in [3.05, 3.63) is 71.3 Å². The molecule has 1 fully saturated rings. The van der Waals surface area contributed by atoms with Crippen LogP contribution in [0.1, 0.15) is 34.8 Å². The van der Waals surface area contributed by atoms with E-state index in [1.807, 2.05) is 13.0 Å². The zero-order valence-electron chi connectivity index (χ0n) is 16.2. The Morgan fingerprint density at radius 3 is 2.48 bits per heavy atom. The van der Waals surface area contributed by atoms with E-state index in [1.54, 1.807) is 55.5 Å². The Morgan fingerprint density at radius 1 is 1.07 bits per heavy atom. The maximum Gasteiger partial charge on any atom is 0.344 e. The fourth-order valence-corrected chi connectivity index (χ4v) is 3.07. The van der Waals surface area contributed by atoms with E-state index in [-0.39, 0.29) is 18.9 Å². The number of rotatable bonds is 6. The van der Waals surface area contributed by atoms with E-state index in [0.29, 0.717) is 16.1 Å². The predicted octanol–water partition coefficient (Wildman–Crippen LogP) is 1.61. The maximum atomic E-state index is 12.7. The van der Waals surface area contributed by atoms with Crippen LogP contribution < -0.4 is 16.1 Å². The van der Waals surface area contributed by atoms with Gasteiger partial charge in [0.05, 0.1) is 0 Å². The van der Waals surface area contributed by atoms with E-state index in [2.05, 4.69) is 16.1 Å². The summed E-state index contributed by atoms with van der Waals surface area (Å²) in [5.74, 6) is -1.44. The number of nitrogens with one attached hydrogen (secondary N) is 3. The van der Waals surface area contributed by atoms with Crippen LogP contribution in [0.2, 0.25) is 0 Å². The summed E-state index contributed by atoms with van der Waals surface area (Å²) < 4.78 is 0. The summed E-state index contributed by atoms with van der Waals surface area (Å²) in [6, 6.07) is 15.2. The molecule has 150 valence electrons. The van der Waals surface area contributed by atoms with Gasteiger partial charge in [0.15, 0.2) is 0 Å². The number of urea groups is 1. The van der Waals surface area contributed by atoms with Crippen LogP contribution >= 0.6 is 0 Å². The predicted molar refractivity (Wildman–Crippen MR) is 105 cm³/mol. The molecule has 0 unspecified atom stereocenters. The number of nitrogens with zero attached hydrogens (tertiary/aromatic N) is 1. The van der Waals surface area contributed by atoms with E-state index in [1.165, 1.54) is 0 Å². The van der Waals surface area contributed by atoms with E-state index < -0.39 is 23.4 Å². The summed E-state index contributed by atoms with van der Waals surface area (Å²) >= 11 is 0. The molecule has 1 heterocycles. The summed E-state index contributed by atoms with van der Waals surface area (Å²) in [6.07, 6.45) is -0.0866. The number of carbonyl (C=O) groups excluding carboxylic acids is 4. The van der Waals surface area contributed by atoms with Crippen LogP contribution in [0.15, 0.2) is 54.6 Å². The number of carbonyl (C=O) groups is 4. The summed E-state index contributed by atoms with van der Waals surface area (Å²) in [4.78, 5) is 49.2. The van der Waals surface area contributed by atoms with Gasteiger partial charge in [0.25, 0.3) is 11.8 Å². The van der Waals surface area contributed by atoms with Crippen LogP contribution in [-0.2, 0) is 15.1 Å². The molecule has 8 nitrogen and oxygen atoms in total. The fourth-order valence-electron chi connectivity index (χ4n) is 3.07. The lowest BCUT2D eigenvalue weighted by Gasteiger charge is -2.22. The Kier molecular flexibility index (Phi) is 5.63. The summed E-state index contributed by atoms with van der Waals surface area (Å²) in [5.41, 5.74) is 3.11. The summed E-state index contributed by atoms with van der Waals surface area (Å²) in [6.45, 7) is 3.53. The molecular formula is C21H22N4O4. The molecule has 3 N–H and O–H groups in total. The number of hydrogen-bond acceptors (Lipinski definition) is 4. The van der Waals surface area contributed by atoms with Gasteiger partial charge < -0.3 is 10.6 Å². The molecule has 0 aliphatic carbocycles. The lowest BCUT2D eigenvalue weighted by Crippen LogP contribution is -2.48. The molecule has 2 aromatic carbocycles. The molecule has 8 heteroatoms. The molecule has 2 aromatic rings. The lowest BCUT2D eigenvalue weighted by atomic mass is 9.92. The van der Waals surface area contributed by atoms with Crippen molar-refractivity contribution in [3.8, 4) is 0 Å². The van der Waals surface area contributed by atoms with Crippen LogP contribution in [0.3, 0.4) is 0 Å². The normalized spacial score (nSPS) is 18.3. The number of amides is 5. The van der Waals surface area contributed by atoms with E-state index in [0.717, 1.165) is 5.56 Å². The molecule has 0 radical (unpaired) electrons. The second kappa shape index (κ2) is 8.14. The number of hydrogen-bond donors (Lipinski definition) is 3. The van der Waals surface area contributed by atoms with Crippen molar-refractivity contribution in [2.45, 2.75) is 25.8 Å². The Hall–Kier alpha value is -3.68. The third-order valence-electron chi connectivity index (χ3n) is 4.70. The Balaban J connectivity index is 1.55. The van der Waals surface area contributed by atoms with Gasteiger partial charge in [-0.1, -0.05) is 48.0 Å². The number of aryl methyl sites for hydroxylation is 1. The fraction of sp³-hybridized carbons (Fsp3) is 0.238. The van der Waals surface area contributed by atoms with Gasteiger partial charge in [-0.05, 0) is 31.5 Å². The van der Waals surface area contributed by atoms with Crippen molar-refractivity contribution in [1.29, 1.82) is 0 Å². The molecule has 5 amide bonds. The highest BCUT2D eigenvalue weighted by atomic mass is 16.2. The minimum Gasteiger partial charge on any atom is -0.352 e. The topological polar surface area (TPSA) is 108 Å². The first kappa shape index (κ1) is 20.1. The third-order valence-corrected chi connectivity index (χ3v) is 4.70. The van der Waals surface area contributed by atoms with Gasteiger partial charge in [-0.3, -0.25) is 19.8 Å². The SMILES string of the molecule is Cc1cccc(C(=O)NCCC(=O)NN2C(=O)N[C@@](C)(c3ccccc3)C2=O)c1. The first-order valence-corrected chi connectivity index (χ1v) is 9.18. The van der Waals surface area contributed by atoms with Crippen molar-refractivity contribution >= 4 is 23.8 Å². The lowest BCUT2D eigenvalue weighted by molar-refractivity contribution is -0.138. The number of hydrazine groups is 1. The van der Waals surface area contributed by atoms with Gasteiger partial charge in [0.2, 0.25) is 5.91 Å². The van der Waals surface area contributed by atoms with Crippen LogP contribution in [0.4, 0.5) is 4.79 Å². The van der Waals surface area contributed by atoms with Crippen LogP contribution in [-0.4, -0.2) is 35.3 Å². The van der Waals surface area contributed by atoms with Gasteiger partial charge in [0, 0.05) is 18.5 Å². The van der Waals surface area contributed by atoms with Crippen LogP contribution in [0.5, 0.6) is 0 Å². The molecule has 3 rings (SSSR count). The highest BCUT2D eigenvalue weighted by Crippen LogP contribution is 2.27. The molecule has 1 aliphatic heterocycles. The Morgan fingerprint density at radius 2 is 1.79 bits per heavy atom. The van der Waals surface area contributed by atoms with Gasteiger partial charge >= 0.3 is 6.03 Å². The van der Waals surface area contributed by atoms with Crippen molar-refractivity contribution in [2.24, 2.45) is 0 Å². The second-order valence-electron chi connectivity index (χ2n) is 6.97. The standard InChI is InChI=1S/C21H22N4O4/c1-14-7-6-8-15(13-14)18(27)22-12-11-17(26)24-25-19(28)21(2,23-20(25)29)16-9-4-3-5-10-16/h3-10,13H,11-12H2,1-2H3,(H,22,27)(H,23,29)(H,24,26)/t21-/m0/s1. The monoisotopic (exact) mass is 394 g/mol. The molecule has 0 spiro atoms. The van der Waals surface area contributed by atoms with E-state index in [4.69, 9.17) is 0 Å². The minimum atomic E-state index is -1.26. The van der Waals surface area contributed by atoms with Crippen molar-refractivity contribution < 1.29 is 19.2 Å². The molecule has 1 saturated heterocycles. The quantitative estimate of drug-likeness (QED) is 0.647. The average molecular weight is 394 g/mol. The van der Waals surface area contributed by atoms with Crippen molar-refractivity contribution in [2.75, 3.05) is 6.54 Å². The Labute approximate surface area is 168 Å².